The predicted molar refractivity (Wildman–Crippen MR) is 214 cm³/mol. The molecule has 1 fully saturated rings. The van der Waals surface area contributed by atoms with Crippen molar-refractivity contribution in [1.29, 1.82) is 0 Å². The zero-order chi connectivity index (χ0) is 34.1. The van der Waals surface area contributed by atoms with Crippen LogP contribution in [0.5, 0.6) is 0 Å². The number of hydrogen-bond donors (Lipinski definition) is 2. The van der Waals surface area contributed by atoms with Crippen molar-refractivity contribution in [2.75, 3.05) is 92.6 Å². The molecule has 0 radical (unpaired) electrons. The van der Waals surface area contributed by atoms with Crippen molar-refractivity contribution in [2.45, 2.75) is 13.1 Å². The lowest BCUT2D eigenvalue weighted by atomic mass is 9.97. The van der Waals surface area contributed by atoms with Crippen LogP contribution in [0.3, 0.4) is 0 Å². The van der Waals surface area contributed by atoms with Gasteiger partial charge in [-0.05, 0) is 80.4 Å². The number of fused-ring (bicyclic) bond motifs is 4. The van der Waals surface area contributed by atoms with Gasteiger partial charge >= 0.3 is 0 Å². The Kier molecular flexibility index (Phi) is 11.7. The lowest BCUT2D eigenvalue weighted by molar-refractivity contribution is 0.154. The summed E-state index contributed by atoms with van der Waals surface area (Å²) in [5.41, 5.74) is 2.82. The van der Waals surface area contributed by atoms with Gasteiger partial charge in [0.25, 0.3) is 0 Å². The summed E-state index contributed by atoms with van der Waals surface area (Å²) in [5, 5.41) is 18.4. The van der Waals surface area contributed by atoms with Crippen molar-refractivity contribution in [2.24, 2.45) is 0 Å². The average Bonchev–Trinajstić information content (AvgIpc) is 3.15. The summed E-state index contributed by atoms with van der Waals surface area (Å²) >= 11 is 0. The molecule has 6 aromatic rings. The normalized spacial score (nSPS) is 16.7. The van der Waals surface area contributed by atoms with Crippen molar-refractivity contribution in [3.05, 3.63) is 120 Å². The van der Waals surface area contributed by atoms with Crippen LogP contribution in [0.4, 0.5) is 0 Å². The van der Waals surface area contributed by atoms with E-state index in [1.165, 1.54) is 54.2 Å². The fourth-order valence-corrected chi connectivity index (χ4v) is 7.64. The quantitative estimate of drug-likeness (QED) is 0.126. The smallest absolute Gasteiger partial charge is 0.0218 e. The Bertz CT molecular complexity index is 1740. The molecule has 50 heavy (non-hydrogen) atoms. The molecule has 0 spiro atoms. The third-order valence-electron chi connectivity index (χ3n) is 10.8. The van der Waals surface area contributed by atoms with Gasteiger partial charge in [-0.25, -0.2) is 0 Å². The fourth-order valence-electron chi connectivity index (χ4n) is 7.64. The summed E-state index contributed by atoms with van der Waals surface area (Å²) in [6.45, 7) is 14.7. The number of hydrogen-bond acceptors (Lipinski definition) is 6. The lowest BCUT2D eigenvalue weighted by Crippen LogP contribution is -2.46. The van der Waals surface area contributed by atoms with Crippen LogP contribution in [0.25, 0.3) is 43.1 Å². The van der Waals surface area contributed by atoms with Crippen molar-refractivity contribution in [3.63, 3.8) is 0 Å². The van der Waals surface area contributed by atoms with Gasteiger partial charge in [0.15, 0.2) is 0 Å². The summed E-state index contributed by atoms with van der Waals surface area (Å²) in [5.74, 6) is 0. The Labute approximate surface area is 298 Å². The molecule has 1 aliphatic heterocycles. The van der Waals surface area contributed by atoms with E-state index in [4.69, 9.17) is 0 Å². The van der Waals surface area contributed by atoms with Crippen molar-refractivity contribution < 1.29 is 0 Å². The molecule has 1 heterocycles. The maximum atomic E-state index is 3.82. The van der Waals surface area contributed by atoms with E-state index in [-0.39, 0.29) is 0 Å². The molecular weight excluding hydrogens is 613 g/mol. The minimum absolute atomic E-state index is 0.888. The van der Waals surface area contributed by atoms with E-state index in [1.807, 2.05) is 0 Å². The van der Waals surface area contributed by atoms with Gasteiger partial charge < -0.3 is 20.4 Å². The molecule has 6 heteroatoms. The SMILES string of the molecule is CN1CCN(CCNCc2c3ccccc3cc3ccccc23)CCN(C)CCN(CCNCc2c3ccccc3cc3ccccc23)CC1. The van der Waals surface area contributed by atoms with Gasteiger partial charge in [0, 0.05) is 91.6 Å². The fraction of sp³-hybridized carbons (Fsp3) is 0.364. The minimum Gasteiger partial charge on any atom is -0.311 e. The van der Waals surface area contributed by atoms with Gasteiger partial charge in [-0.15, -0.1) is 0 Å². The van der Waals surface area contributed by atoms with Gasteiger partial charge in [0.1, 0.15) is 0 Å². The number of nitrogens with one attached hydrogen (secondary N) is 2. The Morgan fingerprint density at radius 3 is 1.04 bits per heavy atom. The molecule has 0 amide bonds. The Balaban J connectivity index is 0.896. The van der Waals surface area contributed by atoms with Crippen LogP contribution in [0.15, 0.2) is 109 Å². The van der Waals surface area contributed by atoms with Crippen molar-refractivity contribution in [1.82, 2.24) is 30.2 Å². The number of nitrogens with zero attached hydrogens (tertiary/aromatic N) is 4. The Hall–Kier alpha value is -3.88. The molecule has 0 unspecified atom stereocenters. The number of benzene rings is 6. The summed E-state index contributed by atoms with van der Waals surface area (Å²) in [7, 11) is 4.59. The Morgan fingerprint density at radius 2 is 0.720 bits per heavy atom. The largest absolute Gasteiger partial charge is 0.311 e. The van der Waals surface area contributed by atoms with E-state index in [0.717, 1.165) is 91.6 Å². The Morgan fingerprint density at radius 1 is 0.420 bits per heavy atom. The molecule has 0 aromatic heterocycles. The maximum absolute atomic E-state index is 3.82. The molecule has 6 nitrogen and oxygen atoms in total. The molecule has 260 valence electrons. The summed E-state index contributed by atoms with van der Waals surface area (Å²) in [6.07, 6.45) is 0. The predicted octanol–water partition coefficient (Wildman–Crippen LogP) is 6.66. The second-order valence-electron chi connectivity index (χ2n) is 14.2. The second kappa shape index (κ2) is 16.9. The van der Waals surface area contributed by atoms with Crippen LogP contribution in [0.1, 0.15) is 11.1 Å². The lowest BCUT2D eigenvalue weighted by Gasteiger charge is -2.32. The summed E-state index contributed by atoms with van der Waals surface area (Å²) < 4.78 is 0. The molecular formula is C44H54N6. The summed E-state index contributed by atoms with van der Waals surface area (Å²) in [6, 6.07) is 39.9. The maximum Gasteiger partial charge on any atom is 0.0218 e. The molecule has 0 atom stereocenters. The molecule has 1 saturated heterocycles. The highest BCUT2D eigenvalue weighted by molar-refractivity contribution is 6.03. The first-order valence-electron chi connectivity index (χ1n) is 18.6. The van der Waals surface area contributed by atoms with Crippen LogP contribution in [0, 0.1) is 0 Å². The van der Waals surface area contributed by atoms with Crippen molar-refractivity contribution >= 4 is 43.1 Å². The zero-order valence-electron chi connectivity index (χ0n) is 30.1. The first-order valence-corrected chi connectivity index (χ1v) is 18.6. The zero-order valence-corrected chi connectivity index (χ0v) is 30.1. The van der Waals surface area contributed by atoms with Gasteiger partial charge in [0.2, 0.25) is 0 Å². The van der Waals surface area contributed by atoms with Gasteiger partial charge in [-0.2, -0.15) is 0 Å². The van der Waals surface area contributed by atoms with E-state index in [1.54, 1.807) is 0 Å². The van der Waals surface area contributed by atoms with Gasteiger partial charge in [-0.3, -0.25) is 9.80 Å². The third-order valence-corrected chi connectivity index (χ3v) is 10.8. The molecule has 0 saturated carbocycles. The van der Waals surface area contributed by atoms with E-state index in [2.05, 4.69) is 154 Å². The van der Waals surface area contributed by atoms with E-state index < -0.39 is 0 Å². The van der Waals surface area contributed by atoms with E-state index in [9.17, 15) is 0 Å². The van der Waals surface area contributed by atoms with Crippen LogP contribution in [0.2, 0.25) is 0 Å². The second-order valence-corrected chi connectivity index (χ2v) is 14.2. The highest BCUT2D eigenvalue weighted by atomic mass is 15.3. The molecule has 2 N–H and O–H groups in total. The number of rotatable bonds is 10. The summed E-state index contributed by atoms with van der Waals surface area (Å²) in [4.78, 5) is 10.4. The highest BCUT2D eigenvalue weighted by Crippen LogP contribution is 2.29. The van der Waals surface area contributed by atoms with E-state index in [0.29, 0.717) is 0 Å². The molecule has 0 aliphatic carbocycles. The molecule has 6 aromatic carbocycles. The van der Waals surface area contributed by atoms with Crippen LogP contribution in [-0.2, 0) is 13.1 Å². The first kappa shape index (κ1) is 34.6. The first-order chi connectivity index (χ1) is 24.6. The molecule has 1 aliphatic rings. The van der Waals surface area contributed by atoms with Gasteiger partial charge in [0.05, 0.1) is 0 Å². The molecule has 7 rings (SSSR count). The molecule has 0 bridgehead atoms. The minimum atomic E-state index is 0.888. The van der Waals surface area contributed by atoms with Gasteiger partial charge in [-0.1, -0.05) is 97.1 Å². The van der Waals surface area contributed by atoms with Crippen LogP contribution in [-0.4, -0.2) is 112 Å². The van der Waals surface area contributed by atoms with Crippen LogP contribution < -0.4 is 10.6 Å². The monoisotopic (exact) mass is 666 g/mol. The average molecular weight is 667 g/mol. The van der Waals surface area contributed by atoms with E-state index >= 15 is 0 Å². The van der Waals surface area contributed by atoms with Crippen LogP contribution >= 0.6 is 0 Å². The highest BCUT2D eigenvalue weighted by Gasteiger charge is 2.15. The van der Waals surface area contributed by atoms with Crippen molar-refractivity contribution in [3.8, 4) is 0 Å². The number of likely N-dealkylation sites (N-methyl/N-ethyl adjacent to an activating group) is 2. The third kappa shape index (κ3) is 8.52. The standard InChI is InChI=1S/C44H54N6/c1-47-23-27-49(21-19-45-33-43-39-15-7-3-11-35(39)31-36-12-4-8-16-40(36)43)29-25-48(2)26-30-50(28-24-47)22-20-46-34-44-41-17-9-5-13-37(41)32-38-14-6-10-18-42(38)44/h3-18,31-32,45-46H,19-30,33-34H2,1-2H3. The topological polar surface area (TPSA) is 37.0 Å².